The molecule has 1 heterocycles. The van der Waals surface area contributed by atoms with Crippen molar-refractivity contribution >= 4 is 21.8 Å². The number of hydrogen-bond acceptors (Lipinski definition) is 4. The topological polar surface area (TPSA) is 72.2 Å². The van der Waals surface area contributed by atoms with Gasteiger partial charge < -0.3 is 5.73 Å². The van der Waals surface area contributed by atoms with Crippen LogP contribution >= 0.6 is 11.8 Å². The monoisotopic (exact) mass is 300 g/mol. The summed E-state index contributed by atoms with van der Waals surface area (Å²) in [7, 11) is -3.43. The molecule has 1 fully saturated rings. The van der Waals surface area contributed by atoms with E-state index in [4.69, 9.17) is 5.73 Å². The van der Waals surface area contributed by atoms with Gasteiger partial charge >= 0.3 is 0 Å². The van der Waals surface area contributed by atoms with Crippen molar-refractivity contribution in [1.82, 2.24) is 4.72 Å². The summed E-state index contributed by atoms with van der Waals surface area (Å²) in [6.07, 6.45) is 1.09. The molecule has 1 saturated heterocycles. The van der Waals surface area contributed by atoms with Crippen LogP contribution in [0.1, 0.15) is 17.5 Å². The second kappa shape index (κ2) is 6.26. The largest absolute Gasteiger partial charge is 0.326 e. The first-order valence-electron chi connectivity index (χ1n) is 6.40. The van der Waals surface area contributed by atoms with Crippen LogP contribution < -0.4 is 10.5 Å². The molecule has 19 heavy (non-hydrogen) atoms. The molecule has 106 valence electrons. The lowest BCUT2D eigenvalue weighted by Gasteiger charge is -2.13. The van der Waals surface area contributed by atoms with E-state index in [1.807, 2.05) is 23.9 Å². The summed E-state index contributed by atoms with van der Waals surface area (Å²) >= 11 is 1.89. The molecule has 0 amide bonds. The predicted molar refractivity (Wildman–Crippen MR) is 79.7 cm³/mol. The fourth-order valence-electron chi connectivity index (χ4n) is 2.11. The fourth-order valence-corrected chi connectivity index (χ4v) is 4.80. The van der Waals surface area contributed by atoms with Crippen molar-refractivity contribution in [3.8, 4) is 0 Å². The Balaban J connectivity index is 2.13. The van der Waals surface area contributed by atoms with Crippen molar-refractivity contribution in [2.75, 3.05) is 18.1 Å². The Morgan fingerprint density at radius 1 is 1.47 bits per heavy atom. The molecular formula is C13H20N2O2S2. The quantitative estimate of drug-likeness (QED) is 0.864. The van der Waals surface area contributed by atoms with E-state index in [9.17, 15) is 8.42 Å². The summed E-state index contributed by atoms with van der Waals surface area (Å²) in [5.41, 5.74) is 7.16. The van der Waals surface area contributed by atoms with E-state index >= 15 is 0 Å². The summed E-state index contributed by atoms with van der Waals surface area (Å²) < 4.78 is 27.4. The van der Waals surface area contributed by atoms with E-state index in [2.05, 4.69) is 4.72 Å². The lowest BCUT2D eigenvalue weighted by atomic mass is 10.1. The SMILES string of the molecule is Cc1ccc(CN)cc1S(=O)(=O)NCC1CCSC1. The van der Waals surface area contributed by atoms with Crippen molar-refractivity contribution in [2.24, 2.45) is 11.7 Å². The Morgan fingerprint density at radius 3 is 2.89 bits per heavy atom. The standard InChI is InChI=1S/C13H20N2O2S2/c1-10-2-3-11(7-14)6-13(10)19(16,17)15-8-12-4-5-18-9-12/h2-3,6,12,15H,4-5,7-9,14H2,1H3. The average Bonchev–Trinajstić information content (AvgIpc) is 2.90. The van der Waals surface area contributed by atoms with Crippen LogP contribution in [0.15, 0.2) is 23.1 Å². The van der Waals surface area contributed by atoms with Crippen molar-refractivity contribution in [3.05, 3.63) is 29.3 Å². The van der Waals surface area contributed by atoms with Crippen LogP contribution in [-0.2, 0) is 16.6 Å². The van der Waals surface area contributed by atoms with Crippen molar-refractivity contribution in [1.29, 1.82) is 0 Å². The molecule has 4 nitrogen and oxygen atoms in total. The number of thioether (sulfide) groups is 1. The number of rotatable bonds is 5. The van der Waals surface area contributed by atoms with Crippen LogP contribution in [0.3, 0.4) is 0 Å². The molecule has 1 unspecified atom stereocenters. The third-order valence-corrected chi connectivity index (χ3v) is 6.16. The van der Waals surface area contributed by atoms with Crippen molar-refractivity contribution in [3.63, 3.8) is 0 Å². The highest BCUT2D eigenvalue weighted by molar-refractivity contribution is 7.99. The molecule has 0 aromatic heterocycles. The number of nitrogens with one attached hydrogen (secondary N) is 1. The highest BCUT2D eigenvalue weighted by Crippen LogP contribution is 2.23. The van der Waals surface area contributed by atoms with Crippen molar-refractivity contribution < 1.29 is 8.42 Å². The maximum Gasteiger partial charge on any atom is 0.240 e. The zero-order chi connectivity index (χ0) is 13.9. The highest BCUT2D eigenvalue weighted by Gasteiger charge is 2.21. The van der Waals surface area contributed by atoms with E-state index in [0.29, 0.717) is 23.9 Å². The lowest BCUT2D eigenvalue weighted by molar-refractivity contribution is 0.545. The van der Waals surface area contributed by atoms with Crippen molar-refractivity contribution in [2.45, 2.75) is 24.8 Å². The minimum absolute atomic E-state index is 0.348. The van der Waals surface area contributed by atoms with Gasteiger partial charge in [-0.05, 0) is 48.0 Å². The smallest absolute Gasteiger partial charge is 0.240 e. The summed E-state index contributed by atoms with van der Waals surface area (Å²) in [5.74, 6) is 2.64. The molecule has 0 bridgehead atoms. The van der Waals surface area contributed by atoms with Crippen LogP contribution in [0.2, 0.25) is 0 Å². The van der Waals surface area contributed by atoms with Crippen LogP contribution in [-0.4, -0.2) is 26.5 Å². The molecule has 1 aliphatic heterocycles. The number of benzene rings is 1. The highest BCUT2D eigenvalue weighted by atomic mass is 32.2. The van der Waals surface area contributed by atoms with E-state index in [1.54, 1.807) is 13.0 Å². The normalized spacial score (nSPS) is 19.8. The second-order valence-electron chi connectivity index (χ2n) is 4.89. The number of nitrogens with two attached hydrogens (primary N) is 1. The molecule has 0 spiro atoms. The Morgan fingerprint density at radius 2 is 2.26 bits per heavy atom. The molecule has 2 rings (SSSR count). The zero-order valence-corrected chi connectivity index (χ0v) is 12.7. The molecule has 1 aliphatic rings. The number of hydrogen-bond donors (Lipinski definition) is 2. The summed E-state index contributed by atoms with van der Waals surface area (Å²) in [5, 5.41) is 0. The van der Waals surface area contributed by atoms with Crippen LogP contribution in [0.4, 0.5) is 0 Å². The molecule has 1 aromatic rings. The lowest BCUT2D eigenvalue weighted by Crippen LogP contribution is -2.30. The third kappa shape index (κ3) is 3.72. The molecule has 0 aliphatic carbocycles. The van der Waals surface area contributed by atoms with Gasteiger partial charge in [0.1, 0.15) is 0 Å². The Kier molecular flexibility index (Phi) is 4.89. The van der Waals surface area contributed by atoms with Gasteiger partial charge in [-0.2, -0.15) is 11.8 Å². The number of aryl methyl sites for hydroxylation is 1. The van der Waals surface area contributed by atoms with Gasteiger partial charge in [0.15, 0.2) is 0 Å². The van der Waals surface area contributed by atoms with E-state index in [0.717, 1.165) is 29.1 Å². The van der Waals surface area contributed by atoms with Crippen LogP contribution in [0.25, 0.3) is 0 Å². The minimum atomic E-state index is -3.43. The first-order valence-corrected chi connectivity index (χ1v) is 9.03. The molecular weight excluding hydrogens is 280 g/mol. The Labute approximate surface area is 119 Å². The average molecular weight is 300 g/mol. The molecule has 1 atom stereocenters. The molecule has 0 radical (unpaired) electrons. The maximum absolute atomic E-state index is 12.3. The maximum atomic E-state index is 12.3. The minimum Gasteiger partial charge on any atom is -0.326 e. The summed E-state index contributed by atoms with van der Waals surface area (Å²) in [6, 6.07) is 5.34. The zero-order valence-electron chi connectivity index (χ0n) is 11.1. The Hall–Kier alpha value is -0.560. The van der Waals surface area contributed by atoms with E-state index in [1.165, 1.54) is 0 Å². The third-order valence-electron chi connectivity index (χ3n) is 3.36. The number of sulfonamides is 1. The van der Waals surface area contributed by atoms with Gasteiger partial charge in [0, 0.05) is 13.1 Å². The summed E-state index contributed by atoms with van der Waals surface area (Å²) in [6.45, 7) is 2.68. The molecule has 1 aromatic carbocycles. The predicted octanol–water partition coefficient (Wildman–Crippen LogP) is 1.49. The van der Waals surface area contributed by atoms with Crippen LogP contribution in [0.5, 0.6) is 0 Å². The molecule has 6 heteroatoms. The summed E-state index contributed by atoms with van der Waals surface area (Å²) in [4.78, 5) is 0.348. The second-order valence-corrected chi connectivity index (χ2v) is 7.77. The van der Waals surface area contributed by atoms with Gasteiger partial charge in [0.25, 0.3) is 0 Å². The van der Waals surface area contributed by atoms with Gasteiger partial charge in [-0.15, -0.1) is 0 Å². The van der Waals surface area contributed by atoms with Gasteiger partial charge in [-0.1, -0.05) is 12.1 Å². The van der Waals surface area contributed by atoms with Crippen LogP contribution in [0, 0.1) is 12.8 Å². The molecule has 3 N–H and O–H groups in total. The molecule has 0 saturated carbocycles. The van der Waals surface area contributed by atoms with E-state index < -0.39 is 10.0 Å². The van der Waals surface area contributed by atoms with Gasteiger partial charge in [-0.25, -0.2) is 13.1 Å². The van der Waals surface area contributed by atoms with E-state index in [-0.39, 0.29) is 0 Å². The van der Waals surface area contributed by atoms with Gasteiger partial charge in [-0.3, -0.25) is 0 Å². The fraction of sp³-hybridized carbons (Fsp3) is 0.538. The van der Waals surface area contributed by atoms with Gasteiger partial charge in [0.2, 0.25) is 10.0 Å². The van der Waals surface area contributed by atoms with Gasteiger partial charge in [0.05, 0.1) is 4.90 Å². The Bertz CT molecular complexity index is 538. The first-order chi connectivity index (χ1) is 9.03. The first kappa shape index (κ1) is 14.8.